The molecular formula is C28H23F3N4O. The Balaban J connectivity index is 1.80. The van der Waals surface area contributed by atoms with E-state index in [1.54, 1.807) is 31.3 Å². The fourth-order valence-electron chi connectivity index (χ4n) is 4.87. The number of aromatic hydroxyl groups is 1. The molecule has 0 amide bonds. The van der Waals surface area contributed by atoms with Crippen LogP contribution in [0.2, 0.25) is 0 Å². The molecule has 0 aliphatic carbocycles. The van der Waals surface area contributed by atoms with Gasteiger partial charge in [-0.05, 0) is 66.8 Å². The van der Waals surface area contributed by atoms with Crippen molar-refractivity contribution in [3.63, 3.8) is 0 Å². The number of fused-ring (bicyclic) bond motifs is 1. The quantitative estimate of drug-likeness (QED) is 0.381. The van der Waals surface area contributed by atoms with Gasteiger partial charge in [0.05, 0.1) is 22.3 Å². The zero-order valence-electron chi connectivity index (χ0n) is 19.5. The number of rotatable bonds is 3. The summed E-state index contributed by atoms with van der Waals surface area (Å²) in [6, 6.07) is 12.0. The van der Waals surface area contributed by atoms with Gasteiger partial charge in [-0.15, -0.1) is 0 Å². The van der Waals surface area contributed by atoms with Crippen LogP contribution in [0, 0.1) is 35.7 Å². The Hall–Kier alpha value is -4.09. The van der Waals surface area contributed by atoms with Crippen molar-refractivity contribution in [3.05, 3.63) is 77.2 Å². The van der Waals surface area contributed by atoms with Crippen molar-refractivity contribution < 1.29 is 18.3 Å². The third kappa shape index (κ3) is 4.12. The first-order chi connectivity index (χ1) is 17.3. The number of halogens is 3. The van der Waals surface area contributed by atoms with Gasteiger partial charge in [0.15, 0.2) is 11.6 Å². The lowest BCUT2D eigenvalue weighted by Gasteiger charge is -2.34. The molecule has 5 rings (SSSR count). The van der Waals surface area contributed by atoms with Crippen molar-refractivity contribution in [2.45, 2.75) is 25.8 Å². The van der Waals surface area contributed by atoms with Crippen molar-refractivity contribution in [1.29, 1.82) is 5.26 Å². The number of hydrogen-bond acceptors (Lipinski definition) is 5. The summed E-state index contributed by atoms with van der Waals surface area (Å²) in [4.78, 5) is 6.71. The van der Waals surface area contributed by atoms with Gasteiger partial charge in [0.1, 0.15) is 17.6 Å². The molecule has 0 saturated carbocycles. The van der Waals surface area contributed by atoms with Crippen LogP contribution in [-0.4, -0.2) is 29.2 Å². The highest BCUT2D eigenvalue weighted by molar-refractivity contribution is 6.02. The van der Waals surface area contributed by atoms with E-state index in [9.17, 15) is 23.5 Å². The number of nitrogens with two attached hydrogens (primary N) is 1. The summed E-state index contributed by atoms with van der Waals surface area (Å²) < 4.78 is 43.5. The van der Waals surface area contributed by atoms with Gasteiger partial charge in [0, 0.05) is 36.3 Å². The number of aryl methyl sites for hydroxylation is 1. The van der Waals surface area contributed by atoms with Crippen LogP contribution in [0.5, 0.6) is 5.75 Å². The number of phenols is 1. The molecule has 1 fully saturated rings. The van der Waals surface area contributed by atoms with Crippen LogP contribution < -0.4 is 10.6 Å². The first kappa shape index (κ1) is 23.6. The summed E-state index contributed by atoms with van der Waals surface area (Å²) in [6.45, 7) is 3.12. The third-order valence-electron chi connectivity index (χ3n) is 6.65. The smallest absolute Gasteiger partial charge is 0.170 e. The maximum atomic E-state index is 14.9. The van der Waals surface area contributed by atoms with E-state index < -0.39 is 22.9 Å². The van der Waals surface area contributed by atoms with Gasteiger partial charge in [-0.1, -0.05) is 12.1 Å². The van der Waals surface area contributed by atoms with E-state index in [-0.39, 0.29) is 23.0 Å². The SMILES string of the molecule is Cc1cc(F)cc(-c2cnc3ccc(-c4c(O)c(C#N)cc(F)c4F)cc3c2N2CCC(N)CC2)c1. The van der Waals surface area contributed by atoms with E-state index in [4.69, 9.17) is 5.73 Å². The van der Waals surface area contributed by atoms with Crippen LogP contribution in [-0.2, 0) is 0 Å². The van der Waals surface area contributed by atoms with E-state index in [0.29, 0.717) is 41.2 Å². The summed E-state index contributed by atoms with van der Waals surface area (Å²) in [6.07, 6.45) is 3.21. The molecule has 1 aliphatic heterocycles. The van der Waals surface area contributed by atoms with Crippen LogP contribution in [0.4, 0.5) is 18.9 Å². The number of hydrogen-bond donors (Lipinski definition) is 2. The van der Waals surface area contributed by atoms with Gasteiger partial charge >= 0.3 is 0 Å². The zero-order valence-corrected chi connectivity index (χ0v) is 19.5. The molecule has 1 aromatic heterocycles. The van der Waals surface area contributed by atoms with Gasteiger partial charge in [0.2, 0.25) is 0 Å². The predicted octanol–water partition coefficient (Wildman–Crippen LogP) is 5.80. The summed E-state index contributed by atoms with van der Waals surface area (Å²) in [5, 5.41) is 20.4. The molecule has 1 saturated heterocycles. The molecule has 8 heteroatoms. The van der Waals surface area contributed by atoms with Crippen LogP contribution in [0.25, 0.3) is 33.2 Å². The number of piperidine rings is 1. The Morgan fingerprint density at radius 1 is 1.06 bits per heavy atom. The second-order valence-corrected chi connectivity index (χ2v) is 9.15. The molecular weight excluding hydrogens is 465 g/mol. The van der Waals surface area contributed by atoms with Crippen LogP contribution in [0.1, 0.15) is 24.0 Å². The minimum Gasteiger partial charge on any atom is -0.506 e. The molecule has 3 aromatic carbocycles. The summed E-state index contributed by atoms with van der Waals surface area (Å²) >= 11 is 0. The average Bonchev–Trinajstić information content (AvgIpc) is 2.85. The Kier molecular flexibility index (Phi) is 6.02. The number of pyridine rings is 1. The van der Waals surface area contributed by atoms with Crippen LogP contribution in [0.3, 0.4) is 0 Å². The first-order valence-electron chi connectivity index (χ1n) is 11.6. The van der Waals surface area contributed by atoms with Crippen LogP contribution in [0.15, 0.2) is 48.7 Å². The Morgan fingerprint density at radius 3 is 2.50 bits per heavy atom. The topological polar surface area (TPSA) is 86.2 Å². The number of benzene rings is 3. The molecule has 2 heterocycles. The number of anilines is 1. The van der Waals surface area contributed by atoms with E-state index in [0.717, 1.165) is 24.1 Å². The minimum atomic E-state index is -1.25. The average molecular weight is 489 g/mol. The number of phenolic OH excluding ortho intramolecular Hbond substituents is 1. The van der Waals surface area contributed by atoms with Gasteiger partial charge < -0.3 is 15.7 Å². The van der Waals surface area contributed by atoms with E-state index in [2.05, 4.69) is 9.88 Å². The molecule has 0 unspecified atom stereocenters. The molecule has 0 atom stereocenters. The van der Waals surface area contributed by atoms with Gasteiger partial charge in [-0.3, -0.25) is 4.98 Å². The Labute approximate surface area is 206 Å². The summed E-state index contributed by atoms with van der Waals surface area (Å²) in [5.41, 5.74) is 9.02. The summed E-state index contributed by atoms with van der Waals surface area (Å²) in [7, 11) is 0. The maximum absolute atomic E-state index is 14.9. The molecule has 182 valence electrons. The Morgan fingerprint density at radius 2 is 1.81 bits per heavy atom. The summed E-state index contributed by atoms with van der Waals surface area (Å²) in [5.74, 6) is -3.49. The highest BCUT2D eigenvalue weighted by Gasteiger charge is 2.24. The lowest BCUT2D eigenvalue weighted by Crippen LogP contribution is -2.40. The standard InChI is InChI=1S/C28H23F3N4O/c1-15-8-17(10-19(29)9-15)22-14-34-24-3-2-16(25-26(31)23(30)12-18(13-32)28(25)36)11-21(24)27(22)35-6-4-20(33)5-7-35/h2-3,8-12,14,20,36H,4-7,33H2,1H3. The van der Waals surface area contributed by atoms with Crippen LogP contribution >= 0.6 is 0 Å². The molecule has 1 aliphatic rings. The van der Waals surface area contributed by atoms with E-state index in [1.165, 1.54) is 18.2 Å². The highest BCUT2D eigenvalue weighted by atomic mass is 19.2. The largest absolute Gasteiger partial charge is 0.506 e. The van der Waals surface area contributed by atoms with E-state index in [1.807, 2.05) is 6.07 Å². The normalized spacial score (nSPS) is 14.3. The fourth-order valence-corrected chi connectivity index (χ4v) is 4.87. The number of nitriles is 1. The van der Waals surface area contributed by atoms with Crippen molar-refractivity contribution in [2.75, 3.05) is 18.0 Å². The predicted molar refractivity (Wildman–Crippen MR) is 133 cm³/mol. The van der Waals surface area contributed by atoms with Crippen molar-refractivity contribution in [2.24, 2.45) is 5.73 Å². The Bertz CT molecular complexity index is 1520. The molecule has 36 heavy (non-hydrogen) atoms. The number of aromatic nitrogens is 1. The second-order valence-electron chi connectivity index (χ2n) is 9.15. The molecule has 5 nitrogen and oxygen atoms in total. The van der Waals surface area contributed by atoms with Gasteiger partial charge in [-0.2, -0.15) is 5.26 Å². The minimum absolute atomic E-state index is 0.0764. The van der Waals surface area contributed by atoms with Gasteiger partial charge in [-0.25, -0.2) is 13.2 Å². The molecule has 0 spiro atoms. The monoisotopic (exact) mass is 488 g/mol. The zero-order chi connectivity index (χ0) is 25.6. The molecule has 3 N–H and O–H groups in total. The highest BCUT2D eigenvalue weighted by Crippen LogP contribution is 2.42. The van der Waals surface area contributed by atoms with Crippen molar-refractivity contribution in [3.8, 4) is 34.1 Å². The maximum Gasteiger partial charge on any atom is 0.170 e. The van der Waals surface area contributed by atoms with E-state index >= 15 is 0 Å². The first-order valence-corrected chi connectivity index (χ1v) is 11.6. The fraction of sp³-hybridized carbons (Fsp3) is 0.214. The lowest BCUT2D eigenvalue weighted by atomic mass is 9.94. The third-order valence-corrected chi connectivity index (χ3v) is 6.65. The van der Waals surface area contributed by atoms with Crippen molar-refractivity contribution in [1.82, 2.24) is 4.98 Å². The lowest BCUT2D eigenvalue weighted by molar-refractivity contribution is 0.457. The molecule has 0 radical (unpaired) electrons. The molecule has 0 bridgehead atoms. The van der Waals surface area contributed by atoms with Crippen molar-refractivity contribution >= 4 is 16.6 Å². The number of nitrogens with zero attached hydrogens (tertiary/aromatic N) is 3. The second kappa shape index (κ2) is 9.17. The molecule has 4 aromatic rings. The van der Waals surface area contributed by atoms with Gasteiger partial charge in [0.25, 0.3) is 0 Å².